The van der Waals surface area contributed by atoms with Crippen LogP contribution in [0.15, 0.2) is 83.1 Å². The number of ether oxygens (including phenoxy) is 1. The summed E-state index contributed by atoms with van der Waals surface area (Å²) in [5, 5.41) is 3.62. The van der Waals surface area contributed by atoms with Crippen LogP contribution in [0.1, 0.15) is 35.3 Å². The van der Waals surface area contributed by atoms with Crippen LogP contribution in [0, 0.1) is 6.92 Å². The maximum atomic E-state index is 12.8. The summed E-state index contributed by atoms with van der Waals surface area (Å²) in [6.45, 7) is 5.20. The molecule has 0 aliphatic rings. The van der Waals surface area contributed by atoms with Crippen LogP contribution in [0.3, 0.4) is 0 Å². The number of amides is 1. The molecule has 0 fully saturated rings. The number of nitrogens with one attached hydrogen (secondary N) is 2. The standard InChI is InChI=1S/C28H31N3O7S2/c1-4-31(5-2)40(36,37)25-16-11-21(3)26(19-25)29-27(32)20-38-28(33)23-12-14-24(15-13-23)30-39(34,35)18-17-22-9-7-6-8-10-22/h6-19,30H,4-5,20H2,1-3H3,(H,29,32)/b18-17+. The highest BCUT2D eigenvalue weighted by Crippen LogP contribution is 2.23. The highest BCUT2D eigenvalue weighted by atomic mass is 32.2. The van der Waals surface area contributed by atoms with Crippen LogP contribution in [0.25, 0.3) is 6.08 Å². The molecule has 0 unspecified atom stereocenters. The van der Waals surface area contributed by atoms with Crippen LogP contribution in [-0.2, 0) is 29.6 Å². The summed E-state index contributed by atoms with van der Waals surface area (Å²) >= 11 is 0. The van der Waals surface area contributed by atoms with Crippen LogP contribution in [0.2, 0.25) is 0 Å². The molecule has 0 saturated heterocycles. The maximum absolute atomic E-state index is 12.8. The highest BCUT2D eigenvalue weighted by Gasteiger charge is 2.22. The van der Waals surface area contributed by atoms with Crippen molar-refractivity contribution in [3.05, 3.63) is 94.9 Å². The lowest BCUT2D eigenvalue weighted by Gasteiger charge is -2.19. The van der Waals surface area contributed by atoms with Crippen molar-refractivity contribution >= 4 is 49.4 Å². The third kappa shape index (κ3) is 8.25. The molecule has 2 N–H and O–H groups in total. The molecule has 0 saturated carbocycles. The summed E-state index contributed by atoms with van der Waals surface area (Å²) in [5.74, 6) is -1.44. The summed E-state index contributed by atoms with van der Waals surface area (Å²) in [5.41, 5.74) is 1.99. The SMILES string of the molecule is CCN(CC)S(=O)(=O)c1ccc(C)c(NC(=O)COC(=O)c2ccc(NS(=O)(=O)/C=C/c3ccccc3)cc2)c1. The number of hydrogen-bond acceptors (Lipinski definition) is 7. The molecule has 12 heteroatoms. The Hall–Kier alpha value is -4.00. The lowest BCUT2D eigenvalue weighted by Crippen LogP contribution is -2.30. The van der Waals surface area contributed by atoms with Crippen molar-refractivity contribution in [2.24, 2.45) is 0 Å². The van der Waals surface area contributed by atoms with Gasteiger partial charge in [-0.3, -0.25) is 9.52 Å². The first-order valence-electron chi connectivity index (χ1n) is 12.4. The highest BCUT2D eigenvalue weighted by molar-refractivity contribution is 7.95. The third-order valence-electron chi connectivity index (χ3n) is 5.78. The average Bonchev–Trinajstić information content (AvgIpc) is 2.93. The van der Waals surface area contributed by atoms with Gasteiger partial charge in [-0.05, 0) is 60.5 Å². The van der Waals surface area contributed by atoms with Crippen LogP contribution in [0.5, 0.6) is 0 Å². The van der Waals surface area contributed by atoms with Gasteiger partial charge < -0.3 is 10.1 Å². The molecule has 0 radical (unpaired) electrons. The van der Waals surface area contributed by atoms with Gasteiger partial charge in [0.15, 0.2) is 6.61 Å². The topological polar surface area (TPSA) is 139 Å². The Balaban J connectivity index is 1.58. The molecular weight excluding hydrogens is 554 g/mol. The molecule has 212 valence electrons. The molecule has 10 nitrogen and oxygen atoms in total. The van der Waals surface area contributed by atoms with Crippen molar-refractivity contribution in [2.75, 3.05) is 29.7 Å². The molecule has 0 spiro atoms. The number of rotatable bonds is 12. The van der Waals surface area contributed by atoms with Crippen molar-refractivity contribution in [2.45, 2.75) is 25.7 Å². The fraction of sp³-hybridized carbons (Fsp3) is 0.214. The molecule has 3 aromatic rings. The number of sulfonamides is 2. The number of anilines is 2. The van der Waals surface area contributed by atoms with Gasteiger partial charge in [0, 0.05) is 24.5 Å². The van der Waals surface area contributed by atoms with E-state index in [1.807, 2.05) is 6.07 Å². The fourth-order valence-corrected chi connectivity index (χ4v) is 5.97. The number of carbonyl (C=O) groups excluding carboxylic acids is 2. The third-order valence-corrected chi connectivity index (χ3v) is 8.84. The summed E-state index contributed by atoms with van der Waals surface area (Å²) in [4.78, 5) is 24.9. The van der Waals surface area contributed by atoms with Crippen LogP contribution in [-0.4, -0.2) is 52.7 Å². The molecule has 3 rings (SSSR count). The Morgan fingerprint density at radius 1 is 0.900 bits per heavy atom. The Morgan fingerprint density at radius 2 is 1.55 bits per heavy atom. The second kappa shape index (κ2) is 13.4. The minimum absolute atomic E-state index is 0.0420. The average molecular weight is 586 g/mol. The van der Waals surface area contributed by atoms with E-state index < -0.39 is 38.5 Å². The van der Waals surface area contributed by atoms with E-state index in [9.17, 15) is 26.4 Å². The summed E-state index contributed by atoms with van der Waals surface area (Å²) in [6.07, 6.45) is 1.46. The zero-order valence-electron chi connectivity index (χ0n) is 22.3. The van der Waals surface area contributed by atoms with Crippen molar-refractivity contribution in [1.29, 1.82) is 0 Å². The monoisotopic (exact) mass is 585 g/mol. The summed E-state index contributed by atoms with van der Waals surface area (Å²) < 4.78 is 59.0. The van der Waals surface area contributed by atoms with Crippen LogP contribution >= 0.6 is 0 Å². The number of carbonyl (C=O) groups is 2. The van der Waals surface area contributed by atoms with Gasteiger partial charge in [0.2, 0.25) is 10.0 Å². The van der Waals surface area contributed by atoms with Crippen molar-refractivity contribution in [1.82, 2.24) is 4.31 Å². The van der Waals surface area contributed by atoms with Gasteiger partial charge in [-0.15, -0.1) is 0 Å². The molecule has 0 atom stereocenters. The lowest BCUT2D eigenvalue weighted by atomic mass is 10.2. The maximum Gasteiger partial charge on any atom is 0.338 e. The number of aryl methyl sites for hydroxylation is 1. The Morgan fingerprint density at radius 3 is 2.17 bits per heavy atom. The second-order valence-corrected chi connectivity index (χ2v) is 12.1. The summed E-state index contributed by atoms with van der Waals surface area (Å²) in [6, 6.07) is 18.9. The van der Waals surface area contributed by atoms with E-state index in [1.54, 1.807) is 51.1 Å². The largest absolute Gasteiger partial charge is 0.452 e. The molecule has 0 aromatic heterocycles. The Kier molecular flexibility index (Phi) is 10.2. The molecule has 0 aliphatic heterocycles. The molecule has 0 aliphatic carbocycles. The lowest BCUT2D eigenvalue weighted by molar-refractivity contribution is -0.119. The van der Waals surface area contributed by atoms with Gasteiger partial charge in [-0.2, -0.15) is 4.31 Å². The second-order valence-electron chi connectivity index (χ2n) is 8.63. The minimum atomic E-state index is -3.78. The zero-order chi connectivity index (χ0) is 29.3. The number of esters is 1. The molecule has 3 aromatic carbocycles. The van der Waals surface area contributed by atoms with E-state index in [0.717, 1.165) is 11.0 Å². The summed E-state index contributed by atoms with van der Waals surface area (Å²) in [7, 11) is -7.50. The van der Waals surface area contributed by atoms with Crippen LogP contribution < -0.4 is 10.0 Å². The molecule has 0 heterocycles. The first-order valence-corrected chi connectivity index (χ1v) is 15.4. The smallest absolute Gasteiger partial charge is 0.338 e. The zero-order valence-corrected chi connectivity index (χ0v) is 24.0. The molecule has 1 amide bonds. The predicted octanol–water partition coefficient (Wildman–Crippen LogP) is 4.23. The van der Waals surface area contributed by atoms with Gasteiger partial charge in [0.1, 0.15) is 0 Å². The van der Waals surface area contributed by atoms with E-state index in [-0.39, 0.29) is 21.8 Å². The van der Waals surface area contributed by atoms with Gasteiger partial charge in [0.05, 0.1) is 15.9 Å². The van der Waals surface area contributed by atoms with Gasteiger partial charge >= 0.3 is 5.97 Å². The molecule has 0 bridgehead atoms. The molecule has 40 heavy (non-hydrogen) atoms. The number of nitrogens with zero attached hydrogens (tertiary/aromatic N) is 1. The van der Waals surface area contributed by atoms with Crippen molar-refractivity contribution in [3.8, 4) is 0 Å². The van der Waals surface area contributed by atoms with E-state index in [0.29, 0.717) is 18.7 Å². The number of hydrogen-bond donors (Lipinski definition) is 2. The van der Waals surface area contributed by atoms with Gasteiger partial charge in [0.25, 0.3) is 15.9 Å². The van der Waals surface area contributed by atoms with E-state index in [4.69, 9.17) is 4.74 Å². The Bertz CT molecular complexity index is 1580. The Labute approximate surface area is 234 Å². The van der Waals surface area contributed by atoms with E-state index >= 15 is 0 Å². The van der Waals surface area contributed by atoms with Crippen molar-refractivity contribution in [3.63, 3.8) is 0 Å². The van der Waals surface area contributed by atoms with Gasteiger partial charge in [-0.1, -0.05) is 50.2 Å². The first-order chi connectivity index (χ1) is 18.9. The van der Waals surface area contributed by atoms with Crippen LogP contribution in [0.4, 0.5) is 11.4 Å². The molecular formula is C28H31N3O7S2. The van der Waals surface area contributed by atoms with E-state index in [2.05, 4.69) is 10.0 Å². The fourth-order valence-electron chi connectivity index (χ4n) is 3.61. The predicted molar refractivity (Wildman–Crippen MR) is 155 cm³/mol. The quantitative estimate of drug-likeness (QED) is 0.303. The van der Waals surface area contributed by atoms with E-state index in [1.165, 1.54) is 46.8 Å². The first kappa shape index (κ1) is 30.5. The number of benzene rings is 3. The minimum Gasteiger partial charge on any atom is -0.452 e. The van der Waals surface area contributed by atoms with Crippen molar-refractivity contribution < 1.29 is 31.2 Å². The normalized spacial score (nSPS) is 11.9. The van der Waals surface area contributed by atoms with Gasteiger partial charge in [-0.25, -0.2) is 21.6 Å².